The molecule has 1 aromatic carbocycles. The normalized spacial score (nSPS) is 10.4. The van der Waals surface area contributed by atoms with Crippen molar-refractivity contribution >= 4 is 22.7 Å². The van der Waals surface area contributed by atoms with Crippen LogP contribution >= 0.6 is 11.3 Å². The minimum atomic E-state index is -0.365. The van der Waals surface area contributed by atoms with E-state index >= 15 is 0 Å². The predicted molar refractivity (Wildman–Crippen MR) is 76.7 cm³/mol. The Balaban J connectivity index is 2.03. The summed E-state index contributed by atoms with van der Waals surface area (Å²) in [6.07, 6.45) is 2.82. The molecule has 2 rings (SSSR count). The molecule has 6 heteroatoms. The van der Waals surface area contributed by atoms with Crippen molar-refractivity contribution in [3.05, 3.63) is 50.0 Å². The average Bonchev–Trinajstić information content (AvgIpc) is 2.84. The van der Waals surface area contributed by atoms with Crippen molar-refractivity contribution in [3.63, 3.8) is 0 Å². The molecule has 0 aliphatic heterocycles. The Morgan fingerprint density at radius 2 is 2.26 bits per heavy atom. The first-order valence-electron chi connectivity index (χ1n) is 6.02. The highest BCUT2D eigenvalue weighted by Crippen LogP contribution is 2.22. The Labute approximate surface area is 115 Å². The zero-order valence-corrected chi connectivity index (χ0v) is 11.7. The minimum absolute atomic E-state index is 0.150. The van der Waals surface area contributed by atoms with Crippen molar-refractivity contribution in [3.8, 4) is 0 Å². The van der Waals surface area contributed by atoms with Crippen molar-refractivity contribution in [2.45, 2.75) is 26.8 Å². The molecule has 19 heavy (non-hydrogen) atoms. The molecule has 0 bridgehead atoms. The highest BCUT2D eigenvalue weighted by molar-refractivity contribution is 7.11. The molecule has 0 aliphatic carbocycles. The third-order valence-electron chi connectivity index (χ3n) is 2.76. The molecule has 0 fully saturated rings. The Hall–Kier alpha value is -1.95. The Kier molecular flexibility index (Phi) is 4.11. The molecule has 1 heterocycles. The molecule has 0 radical (unpaired) electrons. The van der Waals surface area contributed by atoms with Crippen molar-refractivity contribution in [2.75, 3.05) is 5.32 Å². The van der Waals surface area contributed by atoms with E-state index in [-0.39, 0.29) is 10.6 Å². The molecule has 0 spiro atoms. The van der Waals surface area contributed by atoms with Gasteiger partial charge in [-0.05, 0) is 25.5 Å². The Morgan fingerprint density at radius 1 is 1.47 bits per heavy atom. The second kappa shape index (κ2) is 5.79. The number of rotatable bonds is 5. The number of nitrogens with zero attached hydrogens (tertiary/aromatic N) is 2. The van der Waals surface area contributed by atoms with Gasteiger partial charge in [0.2, 0.25) is 0 Å². The van der Waals surface area contributed by atoms with E-state index in [1.807, 2.05) is 6.20 Å². The molecular weight excluding hydrogens is 262 g/mol. The van der Waals surface area contributed by atoms with Crippen molar-refractivity contribution in [2.24, 2.45) is 0 Å². The van der Waals surface area contributed by atoms with E-state index in [2.05, 4.69) is 17.2 Å². The second-order valence-electron chi connectivity index (χ2n) is 4.19. The molecule has 0 atom stereocenters. The highest BCUT2D eigenvalue weighted by Gasteiger charge is 2.10. The molecule has 1 aromatic heterocycles. The van der Waals surface area contributed by atoms with Crippen LogP contribution in [0.1, 0.15) is 22.4 Å². The SMILES string of the molecule is CCc1ncc(CNc2ccc([N+](=O)[O-])c(C)c2)s1. The van der Waals surface area contributed by atoms with Gasteiger partial charge in [0.25, 0.3) is 5.69 Å². The third kappa shape index (κ3) is 3.29. The summed E-state index contributed by atoms with van der Waals surface area (Å²) in [7, 11) is 0. The lowest BCUT2D eigenvalue weighted by Gasteiger charge is -2.05. The highest BCUT2D eigenvalue weighted by atomic mass is 32.1. The number of hydrogen-bond acceptors (Lipinski definition) is 5. The Morgan fingerprint density at radius 3 is 2.84 bits per heavy atom. The van der Waals surface area contributed by atoms with Crippen LogP contribution in [0.5, 0.6) is 0 Å². The maximum absolute atomic E-state index is 10.7. The van der Waals surface area contributed by atoms with Crippen molar-refractivity contribution < 1.29 is 4.92 Å². The number of benzene rings is 1. The maximum atomic E-state index is 10.7. The summed E-state index contributed by atoms with van der Waals surface area (Å²) >= 11 is 1.68. The number of aryl methyl sites for hydroxylation is 2. The van der Waals surface area contributed by atoms with Crippen LogP contribution in [0.4, 0.5) is 11.4 Å². The van der Waals surface area contributed by atoms with Crippen LogP contribution in [0.25, 0.3) is 0 Å². The topological polar surface area (TPSA) is 68.1 Å². The quantitative estimate of drug-likeness (QED) is 0.670. The van der Waals surface area contributed by atoms with Gasteiger partial charge in [0.1, 0.15) is 0 Å². The van der Waals surface area contributed by atoms with Gasteiger partial charge in [-0.15, -0.1) is 11.3 Å². The second-order valence-corrected chi connectivity index (χ2v) is 5.39. The first kappa shape index (κ1) is 13.5. The van der Waals surface area contributed by atoms with Crippen LogP contribution in [-0.2, 0) is 13.0 Å². The zero-order valence-electron chi connectivity index (χ0n) is 10.8. The lowest BCUT2D eigenvalue weighted by molar-refractivity contribution is -0.385. The molecule has 5 nitrogen and oxygen atoms in total. The molecule has 0 unspecified atom stereocenters. The smallest absolute Gasteiger partial charge is 0.272 e. The average molecular weight is 277 g/mol. The first-order chi connectivity index (χ1) is 9.10. The lowest BCUT2D eigenvalue weighted by Crippen LogP contribution is -1.99. The van der Waals surface area contributed by atoms with E-state index in [4.69, 9.17) is 0 Å². The number of nitrogens with one attached hydrogen (secondary N) is 1. The van der Waals surface area contributed by atoms with Gasteiger partial charge in [-0.2, -0.15) is 0 Å². The summed E-state index contributed by atoms with van der Waals surface area (Å²) in [6.45, 7) is 4.51. The number of aromatic nitrogens is 1. The molecular formula is C13H15N3O2S. The fraction of sp³-hybridized carbons (Fsp3) is 0.308. The first-order valence-corrected chi connectivity index (χ1v) is 6.84. The number of nitro groups is 1. The van der Waals surface area contributed by atoms with E-state index in [9.17, 15) is 10.1 Å². The zero-order chi connectivity index (χ0) is 13.8. The number of hydrogen-bond donors (Lipinski definition) is 1. The van der Waals surface area contributed by atoms with Gasteiger partial charge < -0.3 is 5.32 Å². The van der Waals surface area contributed by atoms with Gasteiger partial charge >= 0.3 is 0 Å². The summed E-state index contributed by atoms with van der Waals surface area (Å²) in [6, 6.07) is 5.05. The van der Waals surface area contributed by atoms with Crippen LogP contribution < -0.4 is 5.32 Å². The Bertz CT molecular complexity index is 595. The van der Waals surface area contributed by atoms with Crippen LogP contribution in [-0.4, -0.2) is 9.91 Å². The van der Waals surface area contributed by atoms with Crippen LogP contribution in [0.3, 0.4) is 0 Å². The number of nitro benzene ring substituents is 1. The fourth-order valence-corrected chi connectivity index (χ4v) is 2.55. The number of anilines is 1. The molecule has 100 valence electrons. The van der Waals surface area contributed by atoms with Gasteiger partial charge in [-0.25, -0.2) is 4.98 Å². The van der Waals surface area contributed by atoms with E-state index in [0.717, 1.165) is 22.0 Å². The molecule has 0 amide bonds. The third-order valence-corrected chi connectivity index (χ3v) is 3.91. The summed E-state index contributed by atoms with van der Waals surface area (Å²) in [5.41, 5.74) is 1.69. The van der Waals surface area contributed by atoms with Gasteiger partial charge in [-0.1, -0.05) is 6.92 Å². The summed E-state index contributed by atoms with van der Waals surface area (Å²) < 4.78 is 0. The lowest BCUT2D eigenvalue weighted by atomic mass is 10.2. The number of thiazole rings is 1. The van der Waals surface area contributed by atoms with E-state index in [0.29, 0.717) is 12.1 Å². The molecule has 1 N–H and O–H groups in total. The largest absolute Gasteiger partial charge is 0.380 e. The van der Waals surface area contributed by atoms with Crippen LogP contribution in [0.15, 0.2) is 24.4 Å². The van der Waals surface area contributed by atoms with Gasteiger partial charge in [-0.3, -0.25) is 10.1 Å². The molecule has 0 saturated carbocycles. The van der Waals surface area contributed by atoms with Gasteiger partial charge in [0.15, 0.2) is 0 Å². The summed E-state index contributed by atoms with van der Waals surface area (Å²) in [4.78, 5) is 15.8. The van der Waals surface area contributed by atoms with E-state index in [1.165, 1.54) is 6.07 Å². The van der Waals surface area contributed by atoms with Gasteiger partial charge in [0.05, 0.1) is 16.5 Å². The van der Waals surface area contributed by atoms with Crippen molar-refractivity contribution in [1.29, 1.82) is 0 Å². The van der Waals surface area contributed by atoms with Gasteiger partial charge in [0, 0.05) is 28.4 Å². The summed E-state index contributed by atoms with van der Waals surface area (Å²) in [5, 5.41) is 15.1. The fourth-order valence-electron chi connectivity index (χ4n) is 1.75. The predicted octanol–water partition coefficient (Wildman–Crippen LogP) is 3.53. The maximum Gasteiger partial charge on any atom is 0.272 e. The molecule has 0 aliphatic rings. The minimum Gasteiger partial charge on any atom is -0.380 e. The van der Waals surface area contributed by atoms with E-state index < -0.39 is 0 Å². The monoisotopic (exact) mass is 277 g/mol. The standard InChI is InChI=1S/C13H15N3O2S/c1-3-13-15-8-11(19-13)7-14-10-4-5-12(16(17)18)9(2)6-10/h4-6,8,14H,3,7H2,1-2H3. The molecule has 2 aromatic rings. The van der Waals surface area contributed by atoms with E-state index in [1.54, 1.807) is 30.4 Å². The van der Waals surface area contributed by atoms with Crippen LogP contribution in [0.2, 0.25) is 0 Å². The molecule has 0 saturated heterocycles. The summed E-state index contributed by atoms with van der Waals surface area (Å²) in [5.74, 6) is 0. The van der Waals surface area contributed by atoms with Crippen molar-refractivity contribution in [1.82, 2.24) is 4.98 Å². The van der Waals surface area contributed by atoms with Crippen LogP contribution in [0, 0.1) is 17.0 Å².